The summed E-state index contributed by atoms with van der Waals surface area (Å²) in [7, 11) is 0. The van der Waals surface area contributed by atoms with Crippen LogP contribution in [-0.4, -0.2) is 21.0 Å². The Balaban J connectivity index is 3.06. The molecule has 0 saturated heterocycles. The second kappa shape index (κ2) is 5.25. The van der Waals surface area contributed by atoms with E-state index >= 15 is 0 Å². The normalized spacial score (nSPS) is 12.8. The van der Waals surface area contributed by atoms with Gasteiger partial charge >= 0.3 is 5.97 Å². The molecular weight excluding hydrogens is 216 g/mol. The summed E-state index contributed by atoms with van der Waals surface area (Å²) in [6.45, 7) is 9.65. The molecular formula is C13H20N2O2. The summed E-state index contributed by atoms with van der Waals surface area (Å²) >= 11 is 0. The molecule has 17 heavy (non-hydrogen) atoms. The van der Waals surface area contributed by atoms with Crippen molar-refractivity contribution >= 4 is 5.97 Å². The van der Waals surface area contributed by atoms with Crippen LogP contribution in [0.5, 0.6) is 0 Å². The van der Waals surface area contributed by atoms with Gasteiger partial charge in [0, 0.05) is 17.3 Å². The first-order valence-electron chi connectivity index (χ1n) is 5.89. The average Bonchev–Trinajstić information content (AvgIpc) is 2.22. The van der Waals surface area contributed by atoms with Gasteiger partial charge in [-0.15, -0.1) is 0 Å². The van der Waals surface area contributed by atoms with Crippen LogP contribution >= 0.6 is 0 Å². The SMILES string of the molecule is Cc1nc(C(C)C)nc(C)c1CC(C)C(=O)O. The van der Waals surface area contributed by atoms with E-state index < -0.39 is 11.9 Å². The zero-order valence-electron chi connectivity index (χ0n) is 11.1. The van der Waals surface area contributed by atoms with Crippen LogP contribution < -0.4 is 0 Å². The minimum absolute atomic E-state index is 0.290. The van der Waals surface area contributed by atoms with Crippen molar-refractivity contribution in [3.8, 4) is 0 Å². The zero-order valence-corrected chi connectivity index (χ0v) is 11.1. The highest BCUT2D eigenvalue weighted by molar-refractivity contribution is 5.70. The van der Waals surface area contributed by atoms with Gasteiger partial charge < -0.3 is 5.11 Å². The molecule has 0 saturated carbocycles. The molecule has 0 spiro atoms. The fourth-order valence-electron chi connectivity index (χ4n) is 1.71. The lowest BCUT2D eigenvalue weighted by molar-refractivity contribution is -0.141. The molecule has 1 N–H and O–H groups in total. The summed E-state index contributed by atoms with van der Waals surface area (Å²) in [4.78, 5) is 19.7. The number of aryl methyl sites for hydroxylation is 2. The van der Waals surface area contributed by atoms with Gasteiger partial charge in [-0.25, -0.2) is 9.97 Å². The van der Waals surface area contributed by atoms with Gasteiger partial charge in [0.2, 0.25) is 0 Å². The van der Waals surface area contributed by atoms with E-state index in [4.69, 9.17) is 5.11 Å². The molecule has 1 atom stereocenters. The molecule has 1 rings (SSSR count). The Morgan fingerprint density at radius 2 is 1.65 bits per heavy atom. The third-order valence-electron chi connectivity index (χ3n) is 2.89. The van der Waals surface area contributed by atoms with Crippen molar-refractivity contribution in [2.75, 3.05) is 0 Å². The van der Waals surface area contributed by atoms with Crippen molar-refractivity contribution in [3.05, 3.63) is 22.8 Å². The van der Waals surface area contributed by atoms with E-state index in [0.717, 1.165) is 22.8 Å². The maximum Gasteiger partial charge on any atom is 0.306 e. The number of rotatable bonds is 4. The summed E-state index contributed by atoms with van der Waals surface area (Å²) in [5.74, 6) is -0.0669. The van der Waals surface area contributed by atoms with Crippen molar-refractivity contribution in [1.29, 1.82) is 0 Å². The lowest BCUT2D eigenvalue weighted by Crippen LogP contribution is -2.16. The number of carbonyl (C=O) groups is 1. The Morgan fingerprint density at radius 1 is 1.18 bits per heavy atom. The zero-order chi connectivity index (χ0) is 13.2. The maximum atomic E-state index is 10.9. The van der Waals surface area contributed by atoms with Crippen LogP contribution in [0.4, 0.5) is 0 Å². The fourth-order valence-corrected chi connectivity index (χ4v) is 1.71. The van der Waals surface area contributed by atoms with Gasteiger partial charge in [-0.1, -0.05) is 20.8 Å². The quantitative estimate of drug-likeness (QED) is 0.872. The van der Waals surface area contributed by atoms with E-state index in [9.17, 15) is 4.79 Å². The van der Waals surface area contributed by atoms with Gasteiger partial charge in [0.05, 0.1) is 5.92 Å². The largest absolute Gasteiger partial charge is 0.481 e. The lowest BCUT2D eigenvalue weighted by atomic mass is 9.98. The standard InChI is InChI=1S/C13H20N2O2/c1-7(2)12-14-9(4)11(10(5)15-12)6-8(3)13(16)17/h7-8H,6H2,1-5H3,(H,16,17). The van der Waals surface area contributed by atoms with Crippen LogP contribution in [0.3, 0.4) is 0 Å². The molecule has 0 aliphatic heterocycles. The van der Waals surface area contributed by atoms with Crippen LogP contribution in [0, 0.1) is 19.8 Å². The van der Waals surface area contributed by atoms with E-state index in [1.54, 1.807) is 6.92 Å². The van der Waals surface area contributed by atoms with Crippen LogP contribution in [-0.2, 0) is 11.2 Å². The van der Waals surface area contributed by atoms with Crippen LogP contribution in [0.15, 0.2) is 0 Å². The van der Waals surface area contributed by atoms with E-state index in [2.05, 4.69) is 9.97 Å². The van der Waals surface area contributed by atoms with Gasteiger partial charge in [0.25, 0.3) is 0 Å². The van der Waals surface area contributed by atoms with Crippen LogP contribution in [0.2, 0.25) is 0 Å². The Bertz CT molecular complexity index is 404. The van der Waals surface area contributed by atoms with E-state index in [-0.39, 0.29) is 0 Å². The Morgan fingerprint density at radius 3 is 2.00 bits per heavy atom. The maximum absolute atomic E-state index is 10.9. The molecule has 1 aromatic heterocycles. The molecule has 0 amide bonds. The molecule has 4 heteroatoms. The summed E-state index contributed by atoms with van der Waals surface area (Å²) in [6.07, 6.45) is 0.491. The van der Waals surface area contributed by atoms with Crippen LogP contribution in [0.1, 0.15) is 49.5 Å². The Labute approximate surface area is 102 Å². The highest BCUT2D eigenvalue weighted by atomic mass is 16.4. The van der Waals surface area contributed by atoms with Crippen molar-refractivity contribution in [3.63, 3.8) is 0 Å². The summed E-state index contributed by atoms with van der Waals surface area (Å²) in [6, 6.07) is 0. The predicted molar refractivity (Wildman–Crippen MR) is 66.1 cm³/mol. The van der Waals surface area contributed by atoms with E-state index in [1.807, 2.05) is 27.7 Å². The first kappa shape index (κ1) is 13.6. The smallest absolute Gasteiger partial charge is 0.306 e. The first-order valence-corrected chi connectivity index (χ1v) is 5.89. The molecule has 94 valence electrons. The second-order valence-corrected chi connectivity index (χ2v) is 4.83. The molecule has 0 bridgehead atoms. The van der Waals surface area contributed by atoms with Gasteiger partial charge in [-0.05, 0) is 25.8 Å². The number of carboxylic acids is 1. The molecule has 0 fully saturated rings. The van der Waals surface area contributed by atoms with Crippen LogP contribution in [0.25, 0.3) is 0 Å². The Kier molecular flexibility index (Phi) is 4.21. The van der Waals surface area contributed by atoms with Gasteiger partial charge in [0.1, 0.15) is 5.82 Å². The van der Waals surface area contributed by atoms with Gasteiger partial charge in [-0.3, -0.25) is 4.79 Å². The molecule has 0 aromatic carbocycles. The van der Waals surface area contributed by atoms with E-state index in [1.165, 1.54) is 0 Å². The monoisotopic (exact) mass is 236 g/mol. The number of hydrogen-bond acceptors (Lipinski definition) is 3. The average molecular weight is 236 g/mol. The molecule has 1 aromatic rings. The fraction of sp³-hybridized carbons (Fsp3) is 0.615. The van der Waals surface area contributed by atoms with Crippen molar-refractivity contribution in [2.45, 2.75) is 47.0 Å². The predicted octanol–water partition coefficient (Wildman–Crippen LogP) is 2.48. The van der Waals surface area contributed by atoms with Crippen molar-refractivity contribution in [1.82, 2.24) is 9.97 Å². The molecule has 0 radical (unpaired) electrons. The molecule has 0 aliphatic carbocycles. The molecule has 0 aliphatic rings. The summed E-state index contributed by atoms with van der Waals surface area (Å²) < 4.78 is 0. The minimum atomic E-state index is -0.781. The molecule has 1 unspecified atom stereocenters. The minimum Gasteiger partial charge on any atom is -0.481 e. The van der Waals surface area contributed by atoms with Crippen molar-refractivity contribution < 1.29 is 9.90 Å². The highest BCUT2D eigenvalue weighted by Gasteiger charge is 2.17. The summed E-state index contributed by atoms with van der Waals surface area (Å²) in [5.41, 5.74) is 2.76. The molecule has 1 heterocycles. The second-order valence-electron chi connectivity index (χ2n) is 4.83. The number of nitrogens with zero attached hydrogens (tertiary/aromatic N) is 2. The highest BCUT2D eigenvalue weighted by Crippen LogP contribution is 2.18. The van der Waals surface area contributed by atoms with Gasteiger partial charge in [-0.2, -0.15) is 0 Å². The van der Waals surface area contributed by atoms with E-state index in [0.29, 0.717) is 12.3 Å². The lowest BCUT2D eigenvalue weighted by Gasteiger charge is -2.14. The van der Waals surface area contributed by atoms with Crippen molar-refractivity contribution in [2.24, 2.45) is 5.92 Å². The molecule has 4 nitrogen and oxygen atoms in total. The Hall–Kier alpha value is -1.45. The number of carboxylic acid groups (broad SMARTS) is 1. The number of hydrogen-bond donors (Lipinski definition) is 1. The first-order chi connectivity index (χ1) is 7.82. The number of aliphatic carboxylic acids is 1. The topological polar surface area (TPSA) is 63.1 Å². The number of aromatic nitrogens is 2. The van der Waals surface area contributed by atoms with Gasteiger partial charge in [0.15, 0.2) is 0 Å². The third-order valence-corrected chi connectivity index (χ3v) is 2.89. The summed E-state index contributed by atoms with van der Waals surface area (Å²) in [5, 5.41) is 8.93. The third kappa shape index (κ3) is 3.25.